The van der Waals surface area contributed by atoms with Gasteiger partial charge in [-0.15, -0.1) is 0 Å². The van der Waals surface area contributed by atoms with Gasteiger partial charge in [-0.1, -0.05) is 54.6 Å². The van der Waals surface area contributed by atoms with Crippen molar-refractivity contribution in [3.63, 3.8) is 0 Å². The third-order valence-electron chi connectivity index (χ3n) is 5.80. The Morgan fingerprint density at radius 1 is 0.960 bits per heavy atom. The molecule has 2 aliphatic heterocycles. The zero-order chi connectivity index (χ0) is 16.8. The Balaban J connectivity index is 1.48. The van der Waals surface area contributed by atoms with Crippen LogP contribution in [-0.4, -0.2) is 18.6 Å². The molecule has 1 fully saturated rings. The van der Waals surface area contributed by atoms with Crippen LogP contribution >= 0.6 is 15.9 Å². The monoisotopic (exact) mass is 392 g/mol. The molecule has 25 heavy (non-hydrogen) atoms. The molecule has 3 atom stereocenters. The summed E-state index contributed by atoms with van der Waals surface area (Å²) in [6.07, 6.45) is 2.26. The van der Waals surface area contributed by atoms with Crippen molar-refractivity contribution in [1.82, 2.24) is 5.32 Å². The molecular weight excluding hydrogens is 372 g/mol. The van der Waals surface area contributed by atoms with Crippen LogP contribution in [0.1, 0.15) is 23.5 Å². The predicted molar refractivity (Wildman–Crippen MR) is 108 cm³/mol. The maximum Gasteiger partial charge on any atom is 0.0523 e. The Morgan fingerprint density at radius 3 is 2.76 bits per heavy atom. The molecule has 1 saturated heterocycles. The molecule has 3 aromatic carbocycles. The summed E-state index contributed by atoms with van der Waals surface area (Å²) in [6.45, 7) is 1.09. The standard InChI is InChI=1S/C22H21BrN2/c23-19-10-4-9-17-18-11-12-24-20(22(18)25-21(17)19)13-15-7-3-6-14-5-1-2-8-16(14)15/h1-10,18,20,22,24-25H,11-13H2. The number of rotatable bonds is 2. The van der Waals surface area contributed by atoms with Gasteiger partial charge in [0.25, 0.3) is 0 Å². The highest BCUT2D eigenvalue weighted by atomic mass is 79.9. The summed E-state index contributed by atoms with van der Waals surface area (Å²) >= 11 is 3.72. The first-order valence-electron chi connectivity index (χ1n) is 9.06. The zero-order valence-electron chi connectivity index (χ0n) is 14.0. The Bertz CT molecular complexity index is 931. The highest BCUT2D eigenvalue weighted by molar-refractivity contribution is 9.10. The maximum atomic E-state index is 3.81. The van der Waals surface area contributed by atoms with Crippen molar-refractivity contribution >= 4 is 32.4 Å². The van der Waals surface area contributed by atoms with Gasteiger partial charge in [0.05, 0.1) is 5.69 Å². The van der Waals surface area contributed by atoms with E-state index >= 15 is 0 Å². The molecule has 0 aromatic heterocycles. The van der Waals surface area contributed by atoms with Gasteiger partial charge in [0.1, 0.15) is 0 Å². The van der Waals surface area contributed by atoms with E-state index in [4.69, 9.17) is 0 Å². The molecule has 0 radical (unpaired) electrons. The molecule has 2 heterocycles. The molecule has 0 bridgehead atoms. The maximum absolute atomic E-state index is 3.81. The van der Waals surface area contributed by atoms with Gasteiger partial charge < -0.3 is 10.6 Å². The summed E-state index contributed by atoms with van der Waals surface area (Å²) in [6, 6.07) is 22.9. The Hall–Kier alpha value is -1.84. The molecule has 2 nitrogen and oxygen atoms in total. The highest BCUT2D eigenvalue weighted by Gasteiger charge is 2.40. The van der Waals surface area contributed by atoms with Gasteiger partial charge in [-0.25, -0.2) is 0 Å². The van der Waals surface area contributed by atoms with Crippen LogP contribution < -0.4 is 10.6 Å². The lowest BCUT2D eigenvalue weighted by Crippen LogP contribution is -2.51. The first-order chi connectivity index (χ1) is 12.3. The van der Waals surface area contributed by atoms with E-state index in [1.807, 2.05) is 0 Å². The van der Waals surface area contributed by atoms with E-state index < -0.39 is 0 Å². The Morgan fingerprint density at radius 2 is 1.80 bits per heavy atom. The number of fused-ring (bicyclic) bond motifs is 4. The number of benzene rings is 3. The van der Waals surface area contributed by atoms with E-state index in [1.165, 1.54) is 38.5 Å². The molecule has 126 valence electrons. The summed E-state index contributed by atoms with van der Waals surface area (Å²) in [5.74, 6) is 0.605. The number of hydrogen-bond acceptors (Lipinski definition) is 2. The van der Waals surface area contributed by atoms with Crippen LogP contribution in [0, 0.1) is 0 Å². The van der Waals surface area contributed by atoms with Gasteiger partial charge in [0, 0.05) is 22.5 Å². The summed E-state index contributed by atoms with van der Waals surface area (Å²) in [4.78, 5) is 0. The second-order valence-electron chi connectivity index (χ2n) is 7.17. The predicted octanol–water partition coefficient (Wildman–Crippen LogP) is 5.08. The zero-order valence-corrected chi connectivity index (χ0v) is 15.6. The first kappa shape index (κ1) is 15.4. The summed E-state index contributed by atoms with van der Waals surface area (Å²) in [7, 11) is 0. The number of hydrogen-bond donors (Lipinski definition) is 2. The molecule has 3 aromatic rings. The van der Waals surface area contributed by atoms with Gasteiger partial charge in [-0.05, 0) is 63.3 Å². The van der Waals surface area contributed by atoms with E-state index in [1.54, 1.807) is 0 Å². The molecular formula is C22H21BrN2. The van der Waals surface area contributed by atoms with Crippen LogP contribution in [0.3, 0.4) is 0 Å². The molecule has 0 spiro atoms. The van der Waals surface area contributed by atoms with Crippen molar-refractivity contribution in [2.45, 2.75) is 30.8 Å². The number of halogens is 1. The number of piperidine rings is 1. The topological polar surface area (TPSA) is 24.1 Å². The van der Waals surface area contributed by atoms with Crippen LogP contribution in [-0.2, 0) is 6.42 Å². The lowest BCUT2D eigenvalue weighted by molar-refractivity contribution is 0.340. The van der Waals surface area contributed by atoms with Gasteiger partial charge in [0.15, 0.2) is 0 Å². The Kier molecular flexibility index (Phi) is 3.79. The lowest BCUT2D eigenvalue weighted by Gasteiger charge is -2.35. The van der Waals surface area contributed by atoms with E-state index in [-0.39, 0.29) is 0 Å². The fourth-order valence-electron chi connectivity index (χ4n) is 4.64. The fraction of sp³-hybridized carbons (Fsp3) is 0.273. The second kappa shape index (κ2) is 6.15. The normalized spacial score (nSPS) is 24.6. The van der Waals surface area contributed by atoms with Crippen LogP contribution in [0.15, 0.2) is 65.1 Å². The first-order valence-corrected chi connectivity index (χ1v) is 9.85. The average Bonchev–Trinajstić information content (AvgIpc) is 3.04. The van der Waals surface area contributed by atoms with Crippen molar-refractivity contribution in [3.05, 3.63) is 76.3 Å². The van der Waals surface area contributed by atoms with Crippen molar-refractivity contribution in [2.75, 3.05) is 11.9 Å². The minimum absolute atomic E-state index is 0.448. The largest absolute Gasteiger partial charge is 0.379 e. The third kappa shape index (κ3) is 2.57. The van der Waals surface area contributed by atoms with Crippen LogP contribution in [0.25, 0.3) is 10.8 Å². The quantitative estimate of drug-likeness (QED) is 0.634. The van der Waals surface area contributed by atoms with Crippen LogP contribution in [0.5, 0.6) is 0 Å². The average molecular weight is 393 g/mol. The number of para-hydroxylation sites is 1. The van der Waals surface area contributed by atoms with Crippen LogP contribution in [0.2, 0.25) is 0 Å². The number of nitrogens with one attached hydrogen (secondary N) is 2. The third-order valence-corrected chi connectivity index (χ3v) is 6.47. The van der Waals surface area contributed by atoms with Gasteiger partial charge in [0.2, 0.25) is 0 Å². The van der Waals surface area contributed by atoms with E-state index in [2.05, 4.69) is 87.2 Å². The minimum atomic E-state index is 0.448. The number of anilines is 1. The Labute approximate surface area is 156 Å². The fourth-order valence-corrected chi connectivity index (χ4v) is 5.13. The van der Waals surface area contributed by atoms with Crippen molar-refractivity contribution in [2.24, 2.45) is 0 Å². The van der Waals surface area contributed by atoms with E-state index in [9.17, 15) is 0 Å². The molecule has 0 aliphatic carbocycles. The summed E-state index contributed by atoms with van der Waals surface area (Å²) in [5, 5.41) is 10.3. The van der Waals surface area contributed by atoms with E-state index in [0.717, 1.165) is 13.0 Å². The molecule has 2 aliphatic rings. The van der Waals surface area contributed by atoms with Gasteiger partial charge in [-0.2, -0.15) is 0 Å². The van der Waals surface area contributed by atoms with Crippen molar-refractivity contribution < 1.29 is 0 Å². The van der Waals surface area contributed by atoms with Gasteiger partial charge >= 0.3 is 0 Å². The second-order valence-corrected chi connectivity index (χ2v) is 8.03. The molecule has 3 heteroatoms. The lowest BCUT2D eigenvalue weighted by atomic mass is 9.82. The SMILES string of the molecule is Brc1cccc2c1NC1C(Cc3cccc4ccccc34)NCCC21. The summed E-state index contributed by atoms with van der Waals surface area (Å²) in [5.41, 5.74) is 4.21. The minimum Gasteiger partial charge on any atom is -0.379 e. The smallest absolute Gasteiger partial charge is 0.0523 e. The highest BCUT2D eigenvalue weighted by Crippen LogP contribution is 2.44. The molecule has 2 N–H and O–H groups in total. The van der Waals surface area contributed by atoms with Gasteiger partial charge in [-0.3, -0.25) is 0 Å². The van der Waals surface area contributed by atoms with Crippen molar-refractivity contribution in [1.29, 1.82) is 0 Å². The summed E-state index contributed by atoms with van der Waals surface area (Å²) < 4.78 is 1.18. The van der Waals surface area contributed by atoms with Crippen molar-refractivity contribution in [3.8, 4) is 0 Å². The van der Waals surface area contributed by atoms with E-state index in [0.29, 0.717) is 18.0 Å². The molecule has 5 rings (SSSR count). The van der Waals surface area contributed by atoms with Crippen LogP contribution in [0.4, 0.5) is 5.69 Å². The molecule has 0 amide bonds. The molecule has 3 unspecified atom stereocenters. The molecule has 0 saturated carbocycles.